The zero-order valence-electron chi connectivity index (χ0n) is 10.6. The lowest BCUT2D eigenvalue weighted by Crippen LogP contribution is -2.11. The summed E-state index contributed by atoms with van der Waals surface area (Å²) in [5.41, 5.74) is 1.22. The molecule has 0 radical (unpaired) electrons. The minimum Gasteiger partial charge on any atom is -0.457 e. The highest BCUT2D eigenvalue weighted by Gasteiger charge is 2.01. The van der Waals surface area contributed by atoms with Crippen molar-refractivity contribution < 1.29 is 4.74 Å². The molecule has 0 saturated heterocycles. The average molecular weight is 296 g/mol. The Bertz CT molecular complexity index is 520. The van der Waals surface area contributed by atoms with Crippen molar-refractivity contribution in [1.29, 1.82) is 0 Å². The third-order valence-corrected chi connectivity index (χ3v) is 3.01. The van der Waals surface area contributed by atoms with E-state index in [1.165, 1.54) is 5.56 Å². The number of rotatable bonds is 5. The molecule has 1 N–H and O–H groups in total. The molecular formula is C15H15Cl2NO. The van der Waals surface area contributed by atoms with Crippen LogP contribution in [-0.4, -0.2) is 6.54 Å². The molecule has 2 nitrogen and oxygen atoms in total. The number of hydrogen-bond donors (Lipinski definition) is 1. The van der Waals surface area contributed by atoms with Gasteiger partial charge >= 0.3 is 0 Å². The van der Waals surface area contributed by atoms with Gasteiger partial charge in [0.1, 0.15) is 11.5 Å². The highest BCUT2D eigenvalue weighted by atomic mass is 35.5. The summed E-state index contributed by atoms with van der Waals surface area (Å²) in [4.78, 5) is 0. The van der Waals surface area contributed by atoms with Gasteiger partial charge in [0.05, 0.1) is 0 Å². The van der Waals surface area contributed by atoms with Crippen LogP contribution in [0.2, 0.25) is 10.0 Å². The quantitative estimate of drug-likeness (QED) is 0.847. The van der Waals surface area contributed by atoms with Crippen LogP contribution < -0.4 is 10.1 Å². The van der Waals surface area contributed by atoms with Crippen LogP contribution in [0.3, 0.4) is 0 Å². The van der Waals surface area contributed by atoms with Gasteiger partial charge in [0.2, 0.25) is 0 Å². The minimum absolute atomic E-state index is 0.561. The van der Waals surface area contributed by atoms with Gasteiger partial charge in [0.15, 0.2) is 0 Å². The van der Waals surface area contributed by atoms with Gasteiger partial charge in [-0.05, 0) is 42.4 Å². The molecule has 100 valence electrons. The van der Waals surface area contributed by atoms with Gasteiger partial charge in [-0.3, -0.25) is 0 Å². The first kappa shape index (κ1) is 14.2. The summed E-state index contributed by atoms with van der Waals surface area (Å²) in [5.74, 6) is 1.40. The van der Waals surface area contributed by atoms with Crippen molar-refractivity contribution in [2.45, 2.75) is 13.5 Å². The van der Waals surface area contributed by atoms with E-state index in [0.717, 1.165) is 18.8 Å². The summed E-state index contributed by atoms with van der Waals surface area (Å²) in [6.45, 7) is 3.90. The van der Waals surface area contributed by atoms with Crippen LogP contribution in [0.15, 0.2) is 42.5 Å². The second-order valence-electron chi connectivity index (χ2n) is 4.13. The molecule has 0 bridgehead atoms. The normalized spacial score (nSPS) is 10.5. The lowest BCUT2D eigenvalue weighted by atomic mass is 10.2. The fourth-order valence-corrected chi connectivity index (χ4v) is 2.17. The molecule has 0 aromatic heterocycles. The van der Waals surface area contributed by atoms with Crippen LogP contribution in [0.1, 0.15) is 12.5 Å². The second kappa shape index (κ2) is 6.80. The summed E-state index contributed by atoms with van der Waals surface area (Å²) >= 11 is 11.9. The molecule has 2 aromatic rings. The third-order valence-electron chi connectivity index (χ3n) is 2.57. The van der Waals surface area contributed by atoms with E-state index < -0.39 is 0 Å². The van der Waals surface area contributed by atoms with Crippen molar-refractivity contribution in [3.05, 3.63) is 58.1 Å². The fraction of sp³-hybridized carbons (Fsp3) is 0.200. The van der Waals surface area contributed by atoms with Crippen LogP contribution in [0.4, 0.5) is 0 Å². The van der Waals surface area contributed by atoms with Gasteiger partial charge in [-0.25, -0.2) is 0 Å². The first-order valence-corrected chi connectivity index (χ1v) is 6.86. The van der Waals surface area contributed by atoms with E-state index in [0.29, 0.717) is 15.8 Å². The Balaban J connectivity index is 2.06. The lowest BCUT2D eigenvalue weighted by Gasteiger charge is -2.08. The summed E-state index contributed by atoms with van der Waals surface area (Å²) < 4.78 is 5.71. The maximum Gasteiger partial charge on any atom is 0.130 e. The number of benzene rings is 2. The van der Waals surface area contributed by atoms with E-state index in [4.69, 9.17) is 27.9 Å². The van der Waals surface area contributed by atoms with Crippen LogP contribution >= 0.6 is 23.2 Å². The molecule has 0 aliphatic carbocycles. The number of nitrogens with one attached hydrogen (secondary N) is 1. The van der Waals surface area contributed by atoms with E-state index in [9.17, 15) is 0 Å². The molecule has 19 heavy (non-hydrogen) atoms. The Morgan fingerprint density at radius 3 is 2.16 bits per heavy atom. The topological polar surface area (TPSA) is 21.3 Å². The molecule has 0 unspecified atom stereocenters. The fourth-order valence-electron chi connectivity index (χ4n) is 1.67. The summed E-state index contributed by atoms with van der Waals surface area (Å²) in [6.07, 6.45) is 0. The van der Waals surface area contributed by atoms with Gasteiger partial charge in [-0.1, -0.05) is 42.3 Å². The minimum atomic E-state index is 0.561. The van der Waals surface area contributed by atoms with Crippen molar-refractivity contribution in [1.82, 2.24) is 5.32 Å². The van der Waals surface area contributed by atoms with Gasteiger partial charge in [-0.15, -0.1) is 0 Å². The Hall–Kier alpha value is -1.22. The van der Waals surface area contributed by atoms with Crippen LogP contribution in [0.5, 0.6) is 11.5 Å². The van der Waals surface area contributed by atoms with Crippen LogP contribution in [0.25, 0.3) is 0 Å². The monoisotopic (exact) mass is 295 g/mol. The van der Waals surface area contributed by atoms with Gasteiger partial charge in [0.25, 0.3) is 0 Å². The van der Waals surface area contributed by atoms with Crippen molar-refractivity contribution in [2.24, 2.45) is 0 Å². The van der Waals surface area contributed by atoms with E-state index >= 15 is 0 Å². The number of hydrogen-bond acceptors (Lipinski definition) is 2. The summed E-state index contributed by atoms with van der Waals surface area (Å²) in [5, 5.41) is 4.40. The number of ether oxygens (including phenoxy) is 1. The second-order valence-corrected chi connectivity index (χ2v) is 5.00. The molecule has 0 amide bonds. The molecule has 2 rings (SSSR count). The predicted octanol–water partition coefficient (Wildman–Crippen LogP) is 4.90. The molecule has 2 aromatic carbocycles. The van der Waals surface area contributed by atoms with Gasteiger partial charge < -0.3 is 10.1 Å². The van der Waals surface area contributed by atoms with Crippen molar-refractivity contribution >= 4 is 23.2 Å². The molecular weight excluding hydrogens is 281 g/mol. The van der Waals surface area contributed by atoms with Gasteiger partial charge in [0, 0.05) is 16.6 Å². The van der Waals surface area contributed by atoms with Crippen LogP contribution in [-0.2, 0) is 6.54 Å². The Morgan fingerprint density at radius 1 is 0.947 bits per heavy atom. The third kappa shape index (κ3) is 4.43. The molecule has 0 aliphatic rings. The van der Waals surface area contributed by atoms with Crippen molar-refractivity contribution in [2.75, 3.05) is 6.54 Å². The Morgan fingerprint density at radius 2 is 1.58 bits per heavy atom. The van der Waals surface area contributed by atoms with Crippen LogP contribution in [0, 0.1) is 0 Å². The Labute approximate surface area is 123 Å². The molecule has 4 heteroatoms. The van der Waals surface area contributed by atoms with Crippen molar-refractivity contribution in [3.63, 3.8) is 0 Å². The number of halogens is 2. The smallest absolute Gasteiger partial charge is 0.130 e. The first-order valence-electron chi connectivity index (χ1n) is 6.11. The van der Waals surface area contributed by atoms with E-state index in [1.54, 1.807) is 18.2 Å². The largest absolute Gasteiger partial charge is 0.457 e. The molecule has 0 aliphatic heterocycles. The molecule has 0 spiro atoms. The zero-order chi connectivity index (χ0) is 13.7. The van der Waals surface area contributed by atoms with Gasteiger partial charge in [-0.2, -0.15) is 0 Å². The highest BCUT2D eigenvalue weighted by molar-refractivity contribution is 6.34. The lowest BCUT2D eigenvalue weighted by molar-refractivity contribution is 0.482. The Kier molecular flexibility index (Phi) is 5.08. The molecule has 0 saturated carbocycles. The predicted molar refractivity (Wildman–Crippen MR) is 80.4 cm³/mol. The maximum absolute atomic E-state index is 5.93. The standard InChI is InChI=1S/C15H15Cl2NO/c1-2-18-10-11-3-5-14(6-4-11)19-15-8-12(16)7-13(17)9-15/h3-9,18H,2,10H2,1H3. The zero-order valence-corrected chi connectivity index (χ0v) is 12.1. The highest BCUT2D eigenvalue weighted by Crippen LogP contribution is 2.28. The molecule has 0 atom stereocenters. The summed E-state index contributed by atoms with van der Waals surface area (Å²) in [7, 11) is 0. The molecule has 0 fully saturated rings. The molecule has 0 heterocycles. The van der Waals surface area contributed by atoms with Crippen molar-refractivity contribution in [3.8, 4) is 11.5 Å². The first-order chi connectivity index (χ1) is 9.17. The maximum atomic E-state index is 5.93. The van der Waals surface area contributed by atoms with E-state index in [-0.39, 0.29) is 0 Å². The summed E-state index contributed by atoms with van der Waals surface area (Å²) in [6, 6.07) is 13.1. The average Bonchev–Trinajstić information content (AvgIpc) is 2.37. The SMILES string of the molecule is CCNCc1ccc(Oc2cc(Cl)cc(Cl)c2)cc1. The van der Waals surface area contributed by atoms with E-state index in [1.807, 2.05) is 24.3 Å². The van der Waals surface area contributed by atoms with E-state index in [2.05, 4.69) is 12.2 Å².